The summed E-state index contributed by atoms with van der Waals surface area (Å²) in [6.07, 6.45) is 0. The zero-order chi connectivity index (χ0) is 12.1. The zero-order valence-corrected chi connectivity index (χ0v) is 12.1. The van der Waals surface area contributed by atoms with Crippen LogP contribution in [0, 0.1) is 0 Å². The Morgan fingerprint density at radius 1 is 1.59 bits per heavy atom. The van der Waals surface area contributed by atoms with Crippen LogP contribution in [0.4, 0.5) is 0 Å². The Balaban J connectivity index is 0.00000256. The van der Waals surface area contributed by atoms with Crippen LogP contribution in [0.15, 0.2) is 22.7 Å². The molecule has 6 heteroatoms. The quantitative estimate of drug-likeness (QED) is 0.888. The van der Waals surface area contributed by atoms with Crippen molar-refractivity contribution in [1.82, 2.24) is 5.32 Å². The Hall–Kier alpha value is -0.780. The van der Waals surface area contributed by atoms with Gasteiger partial charge in [0.15, 0.2) is 0 Å². The fourth-order valence-electron chi connectivity index (χ4n) is 1.16. The number of rotatable bonds is 4. The molecule has 0 unspecified atom stereocenters. The van der Waals surface area contributed by atoms with Gasteiger partial charge in [-0.05, 0) is 30.7 Å². The predicted octanol–water partition coefficient (Wildman–Crippen LogP) is 1.84. The molecule has 0 heterocycles. The summed E-state index contributed by atoms with van der Waals surface area (Å²) >= 11 is 3.41. The highest BCUT2D eigenvalue weighted by molar-refractivity contribution is 9.10. The maximum absolute atomic E-state index is 11.3. The van der Waals surface area contributed by atoms with Crippen LogP contribution in [-0.2, 0) is 11.3 Å². The van der Waals surface area contributed by atoms with Crippen molar-refractivity contribution in [2.24, 2.45) is 5.73 Å². The molecule has 4 nitrogen and oxygen atoms in total. The molecule has 96 valence electrons. The van der Waals surface area contributed by atoms with Gasteiger partial charge >= 0.3 is 0 Å². The van der Waals surface area contributed by atoms with Gasteiger partial charge in [0.2, 0.25) is 5.91 Å². The number of nitrogens with one attached hydrogen (secondary N) is 1. The number of hydrogen-bond donors (Lipinski definition) is 2. The molecule has 1 aromatic rings. The lowest BCUT2D eigenvalue weighted by molar-refractivity contribution is -0.122. The van der Waals surface area contributed by atoms with Crippen molar-refractivity contribution in [3.8, 4) is 5.75 Å². The molecule has 1 atom stereocenters. The first-order valence-electron chi connectivity index (χ1n) is 4.90. The second kappa shape index (κ2) is 7.53. The molecule has 0 saturated carbocycles. The van der Waals surface area contributed by atoms with Crippen molar-refractivity contribution >= 4 is 34.2 Å². The molecule has 0 bridgehead atoms. The summed E-state index contributed by atoms with van der Waals surface area (Å²) in [6, 6.07) is 5.10. The third-order valence-corrected chi connectivity index (χ3v) is 2.89. The van der Waals surface area contributed by atoms with E-state index in [1.807, 2.05) is 18.2 Å². The molecule has 1 amide bonds. The van der Waals surface area contributed by atoms with Crippen molar-refractivity contribution in [3.63, 3.8) is 0 Å². The van der Waals surface area contributed by atoms with Gasteiger partial charge in [0.25, 0.3) is 0 Å². The van der Waals surface area contributed by atoms with Gasteiger partial charge < -0.3 is 15.8 Å². The Labute approximate surface area is 115 Å². The van der Waals surface area contributed by atoms with Crippen molar-refractivity contribution in [2.75, 3.05) is 7.11 Å². The number of halogens is 2. The van der Waals surface area contributed by atoms with Gasteiger partial charge in [-0.1, -0.05) is 15.9 Å². The molecule has 0 aliphatic carbocycles. The smallest absolute Gasteiger partial charge is 0.236 e. The maximum Gasteiger partial charge on any atom is 0.236 e. The van der Waals surface area contributed by atoms with Gasteiger partial charge in [-0.25, -0.2) is 0 Å². The molecule has 1 aromatic carbocycles. The van der Waals surface area contributed by atoms with E-state index in [1.54, 1.807) is 14.0 Å². The highest BCUT2D eigenvalue weighted by Crippen LogP contribution is 2.22. The van der Waals surface area contributed by atoms with Crippen molar-refractivity contribution in [2.45, 2.75) is 19.5 Å². The minimum absolute atomic E-state index is 0. The summed E-state index contributed by atoms with van der Waals surface area (Å²) in [6.45, 7) is 2.08. The lowest BCUT2D eigenvalue weighted by Crippen LogP contribution is -2.37. The highest BCUT2D eigenvalue weighted by atomic mass is 79.9. The number of carbonyl (C=O) groups is 1. The van der Waals surface area contributed by atoms with Crippen LogP contribution in [0.2, 0.25) is 0 Å². The van der Waals surface area contributed by atoms with Crippen LogP contribution in [0.25, 0.3) is 0 Å². The van der Waals surface area contributed by atoms with Gasteiger partial charge in [-0.15, -0.1) is 12.4 Å². The Bertz CT molecular complexity index is 386. The normalized spacial score (nSPS) is 11.3. The lowest BCUT2D eigenvalue weighted by atomic mass is 10.2. The predicted molar refractivity (Wildman–Crippen MR) is 73.4 cm³/mol. The Kier molecular flexibility index (Phi) is 7.18. The first-order valence-corrected chi connectivity index (χ1v) is 5.69. The molecule has 1 rings (SSSR count). The van der Waals surface area contributed by atoms with Crippen LogP contribution in [0.5, 0.6) is 5.75 Å². The Morgan fingerprint density at radius 3 is 2.76 bits per heavy atom. The number of carbonyl (C=O) groups excluding carboxylic acids is 1. The maximum atomic E-state index is 11.3. The first kappa shape index (κ1) is 16.2. The second-order valence-corrected chi connectivity index (χ2v) is 4.32. The topological polar surface area (TPSA) is 64.3 Å². The summed E-state index contributed by atoms with van der Waals surface area (Å²) in [5.41, 5.74) is 6.40. The number of amides is 1. The summed E-state index contributed by atoms with van der Waals surface area (Å²) in [7, 11) is 1.60. The fraction of sp³-hybridized carbons (Fsp3) is 0.364. The lowest BCUT2D eigenvalue weighted by Gasteiger charge is -2.10. The SMILES string of the molecule is COc1ccc(Br)c(CNC(=O)[C@@H](C)N)c1.Cl. The Morgan fingerprint density at radius 2 is 2.24 bits per heavy atom. The summed E-state index contributed by atoms with van der Waals surface area (Å²) < 4.78 is 6.03. The van der Waals surface area contributed by atoms with Crippen LogP contribution in [0.3, 0.4) is 0 Å². The van der Waals surface area contributed by atoms with Gasteiger partial charge in [-0.2, -0.15) is 0 Å². The first-order chi connectivity index (χ1) is 7.54. The molecular formula is C11H16BrClN2O2. The third-order valence-electron chi connectivity index (χ3n) is 2.12. The summed E-state index contributed by atoms with van der Waals surface area (Å²) in [4.78, 5) is 11.3. The molecule has 17 heavy (non-hydrogen) atoms. The second-order valence-electron chi connectivity index (χ2n) is 3.46. The van der Waals surface area contributed by atoms with E-state index in [-0.39, 0.29) is 18.3 Å². The van der Waals surface area contributed by atoms with E-state index in [9.17, 15) is 4.79 Å². The summed E-state index contributed by atoms with van der Waals surface area (Å²) in [5, 5.41) is 2.74. The minimum Gasteiger partial charge on any atom is -0.497 e. The van der Waals surface area contributed by atoms with E-state index >= 15 is 0 Å². The molecule has 0 spiro atoms. The molecule has 0 aliphatic heterocycles. The number of nitrogens with two attached hydrogens (primary N) is 1. The van der Waals surface area contributed by atoms with E-state index in [4.69, 9.17) is 10.5 Å². The van der Waals surface area contributed by atoms with Crippen molar-refractivity contribution in [3.05, 3.63) is 28.2 Å². The van der Waals surface area contributed by atoms with E-state index in [0.29, 0.717) is 6.54 Å². The van der Waals surface area contributed by atoms with Crippen LogP contribution in [-0.4, -0.2) is 19.1 Å². The van der Waals surface area contributed by atoms with Crippen LogP contribution < -0.4 is 15.8 Å². The third kappa shape index (κ3) is 4.93. The number of benzene rings is 1. The number of hydrogen-bond acceptors (Lipinski definition) is 3. The van der Waals surface area contributed by atoms with E-state index in [0.717, 1.165) is 15.8 Å². The van der Waals surface area contributed by atoms with Crippen molar-refractivity contribution in [1.29, 1.82) is 0 Å². The van der Waals surface area contributed by atoms with E-state index in [1.165, 1.54) is 0 Å². The zero-order valence-electron chi connectivity index (χ0n) is 9.70. The van der Waals surface area contributed by atoms with Crippen LogP contribution in [0.1, 0.15) is 12.5 Å². The number of methoxy groups -OCH3 is 1. The van der Waals surface area contributed by atoms with E-state index < -0.39 is 6.04 Å². The van der Waals surface area contributed by atoms with Gasteiger partial charge in [0.1, 0.15) is 5.75 Å². The average molecular weight is 324 g/mol. The van der Waals surface area contributed by atoms with E-state index in [2.05, 4.69) is 21.2 Å². The average Bonchev–Trinajstić information content (AvgIpc) is 2.27. The van der Waals surface area contributed by atoms with Gasteiger partial charge in [0, 0.05) is 11.0 Å². The highest BCUT2D eigenvalue weighted by Gasteiger charge is 2.08. The van der Waals surface area contributed by atoms with Gasteiger partial charge in [-0.3, -0.25) is 4.79 Å². The largest absolute Gasteiger partial charge is 0.497 e. The monoisotopic (exact) mass is 322 g/mol. The van der Waals surface area contributed by atoms with Crippen molar-refractivity contribution < 1.29 is 9.53 Å². The molecule has 0 saturated heterocycles. The molecule has 0 aromatic heterocycles. The van der Waals surface area contributed by atoms with Crippen LogP contribution >= 0.6 is 28.3 Å². The molecule has 0 fully saturated rings. The number of ether oxygens (including phenoxy) is 1. The fourth-order valence-corrected chi connectivity index (χ4v) is 1.54. The molecule has 3 N–H and O–H groups in total. The minimum atomic E-state index is -0.496. The molecule has 0 radical (unpaired) electrons. The van der Waals surface area contributed by atoms with Gasteiger partial charge in [0.05, 0.1) is 13.2 Å². The molecule has 0 aliphatic rings. The molecular weight excluding hydrogens is 307 g/mol. The standard InChI is InChI=1S/C11H15BrN2O2.ClH/c1-7(13)11(15)14-6-8-5-9(16-2)3-4-10(8)12;/h3-5,7H,6,13H2,1-2H3,(H,14,15);1H/t7-;/m1./s1. The summed E-state index contributed by atoms with van der Waals surface area (Å²) in [5.74, 6) is 0.586.